The number of hydrogen-bond donors (Lipinski definition) is 0. The second-order valence-electron chi connectivity index (χ2n) is 6.72. The highest BCUT2D eigenvalue weighted by molar-refractivity contribution is 6.36. The maximum atomic E-state index is 13.3. The number of para-hydroxylation sites is 1. The Labute approximate surface area is 186 Å². The van der Waals surface area contributed by atoms with Crippen LogP contribution in [-0.4, -0.2) is 30.5 Å². The summed E-state index contributed by atoms with van der Waals surface area (Å²) in [5.74, 6) is -0.254. The SMILES string of the molecule is O=C(c1nc(-c2ncccn2)no1)c1c(Cl)n(Cc2ccc(Cl)cc2)c2ccccc12. The second kappa shape index (κ2) is 7.94. The Kier molecular flexibility index (Phi) is 4.97. The molecule has 0 amide bonds. The standard InChI is InChI=1S/C22H13Cl2N5O2/c23-14-8-6-13(7-9-14)12-29-16-5-2-1-4-15(16)17(19(29)24)18(30)22-27-21(28-31-22)20-25-10-3-11-26-20/h1-11H,12H2. The van der Waals surface area contributed by atoms with Crippen LogP contribution in [0.2, 0.25) is 10.2 Å². The first-order valence-electron chi connectivity index (χ1n) is 9.29. The molecule has 0 saturated carbocycles. The van der Waals surface area contributed by atoms with Crippen LogP contribution in [0.5, 0.6) is 0 Å². The molecule has 0 bridgehead atoms. The maximum Gasteiger partial charge on any atom is 0.299 e. The Morgan fingerprint density at radius 3 is 2.45 bits per heavy atom. The molecule has 5 rings (SSSR count). The summed E-state index contributed by atoms with van der Waals surface area (Å²) in [5.41, 5.74) is 2.11. The first kappa shape index (κ1) is 19.4. The quantitative estimate of drug-likeness (QED) is 0.348. The number of rotatable bonds is 5. The molecule has 5 aromatic rings. The van der Waals surface area contributed by atoms with Crippen molar-refractivity contribution >= 4 is 39.9 Å². The van der Waals surface area contributed by atoms with Crippen molar-refractivity contribution in [1.29, 1.82) is 0 Å². The fraction of sp³-hybridized carbons (Fsp3) is 0.0455. The van der Waals surface area contributed by atoms with Crippen molar-refractivity contribution in [3.8, 4) is 11.6 Å². The van der Waals surface area contributed by atoms with E-state index in [4.69, 9.17) is 27.7 Å². The van der Waals surface area contributed by atoms with E-state index in [-0.39, 0.29) is 22.7 Å². The average Bonchev–Trinajstić information content (AvgIpc) is 3.40. The van der Waals surface area contributed by atoms with Crippen molar-refractivity contribution in [2.24, 2.45) is 0 Å². The molecule has 152 valence electrons. The minimum Gasteiger partial charge on any atom is -0.330 e. The molecule has 7 nitrogen and oxygen atoms in total. The highest BCUT2D eigenvalue weighted by atomic mass is 35.5. The van der Waals surface area contributed by atoms with Crippen LogP contribution < -0.4 is 0 Å². The Morgan fingerprint density at radius 1 is 0.935 bits per heavy atom. The zero-order valence-corrected chi connectivity index (χ0v) is 17.4. The number of aromatic nitrogens is 5. The van der Waals surface area contributed by atoms with E-state index in [1.807, 2.05) is 53.1 Å². The fourth-order valence-corrected chi connectivity index (χ4v) is 3.81. The van der Waals surface area contributed by atoms with Crippen LogP contribution in [0.15, 0.2) is 71.5 Å². The van der Waals surface area contributed by atoms with Gasteiger partial charge in [0.25, 0.3) is 11.7 Å². The third-order valence-corrected chi connectivity index (χ3v) is 5.42. The van der Waals surface area contributed by atoms with Crippen molar-refractivity contribution in [2.75, 3.05) is 0 Å². The van der Waals surface area contributed by atoms with Crippen LogP contribution in [0.4, 0.5) is 0 Å². The number of fused-ring (bicyclic) bond motifs is 1. The molecule has 0 aliphatic rings. The zero-order valence-electron chi connectivity index (χ0n) is 15.9. The van der Waals surface area contributed by atoms with Crippen LogP contribution in [0.25, 0.3) is 22.6 Å². The summed E-state index contributed by atoms with van der Waals surface area (Å²) in [6.45, 7) is 0.469. The van der Waals surface area contributed by atoms with Gasteiger partial charge in [0, 0.05) is 29.3 Å². The van der Waals surface area contributed by atoms with Gasteiger partial charge >= 0.3 is 0 Å². The monoisotopic (exact) mass is 449 g/mol. The molecule has 31 heavy (non-hydrogen) atoms. The van der Waals surface area contributed by atoms with Gasteiger partial charge in [-0.1, -0.05) is 58.7 Å². The number of ketones is 1. The van der Waals surface area contributed by atoms with Gasteiger partial charge in [-0.2, -0.15) is 4.98 Å². The molecule has 3 heterocycles. The molecule has 0 unspecified atom stereocenters. The van der Waals surface area contributed by atoms with E-state index >= 15 is 0 Å². The Hall–Kier alpha value is -3.55. The van der Waals surface area contributed by atoms with E-state index in [1.165, 1.54) is 0 Å². The minimum atomic E-state index is -0.467. The molecule has 0 fully saturated rings. The van der Waals surface area contributed by atoms with E-state index in [0.29, 0.717) is 22.5 Å². The predicted molar refractivity (Wildman–Crippen MR) is 116 cm³/mol. The minimum absolute atomic E-state index is 0.130. The van der Waals surface area contributed by atoms with E-state index in [2.05, 4.69) is 20.1 Å². The number of nitrogens with zero attached hydrogens (tertiary/aromatic N) is 5. The Bertz CT molecular complexity index is 1390. The van der Waals surface area contributed by atoms with Gasteiger partial charge in [0.2, 0.25) is 11.6 Å². The molecule has 3 aromatic heterocycles. The molecule has 2 aromatic carbocycles. The van der Waals surface area contributed by atoms with Crippen LogP contribution in [0.1, 0.15) is 21.8 Å². The highest BCUT2D eigenvalue weighted by Gasteiger charge is 2.27. The normalized spacial score (nSPS) is 11.2. The Morgan fingerprint density at radius 2 is 1.68 bits per heavy atom. The zero-order chi connectivity index (χ0) is 21.4. The molecular formula is C22H13Cl2N5O2. The lowest BCUT2D eigenvalue weighted by atomic mass is 10.1. The van der Waals surface area contributed by atoms with Crippen molar-refractivity contribution in [3.63, 3.8) is 0 Å². The summed E-state index contributed by atoms with van der Waals surface area (Å²) in [6, 6.07) is 16.6. The lowest BCUT2D eigenvalue weighted by molar-refractivity contribution is 0.0995. The number of hydrogen-bond acceptors (Lipinski definition) is 6. The smallest absolute Gasteiger partial charge is 0.299 e. The molecule has 9 heteroatoms. The third-order valence-electron chi connectivity index (χ3n) is 4.77. The molecular weight excluding hydrogens is 437 g/mol. The van der Waals surface area contributed by atoms with Crippen molar-refractivity contribution < 1.29 is 9.32 Å². The van der Waals surface area contributed by atoms with Gasteiger partial charge in [-0.25, -0.2) is 9.97 Å². The highest BCUT2D eigenvalue weighted by Crippen LogP contribution is 2.32. The lowest BCUT2D eigenvalue weighted by Gasteiger charge is -2.07. The van der Waals surface area contributed by atoms with Gasteiger partial charge in [0.15, 0.2) is 0 Å². The summed E-state index contributed by atoms with van der Waals surface area (Å²) < 4.78 is 7.07. The summed E-state index contributed by atoms with van der Waals surface area (Å²) in [6.07, 6.45) is 3.11. The molecule has 0 aliphatic heterocycles. The average molecular weight is 450 g/mol. The summed E-state index contributed by atoms with van der Waals surface area (Å²) in [7, 11) is 0. The van der Waals surface area contributed by atoms with Gasteiger partial charge in [0.05, 0.1) is 11.1 Å². The first-order chi connectivity index (χ1) is 15.1. The van der Waals surface area contributed by atoms with Crippen LogP contribution in [0, 0.1) is 0 Å². The number of halogens is 2. The molecule has 0 spiro atoms. The maximum absolute atomic E-state index is 13.3. The van der Waals surface area contributed by atoms with Gasteiger partial charge < -0.3 is 9.09 Å². The number of benzene rings is 2. The third kappa shape index (κ3) is 3.58. The summed E-state index contributed by atoms with van der Waals surface area (Å²) >= 11 is 12.7. The van der Waals surface area contributed by atoms with Gasteiger partial charge in [-0.3, -0.25) is 4.79 Å². The summed E-state index contributed by atoms with van der Waals surface area (Å²) in [5, 5.41) is 5.47. The van der Waals surface area contributed by atoms with Crippen molar-refractivity contribution in [1.82, 2.24) is 24.7 Å². The largest absolute Gasteiger partial charge is 0.330 e. The first-order valence-corrected chi connectivity index (χ1v) is 10.0. The molecule has 0 radical (unpaired) electrons. The second-order valence-corrected chi connectivity index (χ2v) is 7.51. The molecule has 0 atom stereocenters. The molecule has 0 saturated heterocycles. The van der Waals surface area contributed by atoms with E-state index < -0.39 is 5.78 Å². The van der Waals surface area contributed by atoms with Gasteiger partial charge in [-0.15, -0.1) is 0 Å². The number of carbonyl (C=O) groups is 1. The van der Waals surface area contributed by atoms with E-state index in [9.17, 15) is 4.79 Å². The van der Waals surface area contributed by atoms with Crippen molar-refractivity contribution in [2.45, 2.75) is 6.54 Å². The van der Waals surface area contributed by atoms with Crippen LogP contribution in [0.3, 0.4) is 0 Å². The number of carbonyl (C=O) groups excluding carboxylic acids is 1. The fourth-order valence-electron chi connectivity index (χ4n) is 3.34. The van der Waals surface area contributed by atoms with E-state index in [1.54, 1.807) is 18.5 Å². The Balaban J connectivity index is 1.57. The lowest BCUT2D eigenvalue weighted by Crippen LogP contribution is -2.04. The van der Waals surface area contributed by atoms with Crippen LogP contribution in [-0.2, 0) is 6.54 Å². The molecule has 0 N–H and O–H groups in total. The van der Waals surface area contributed by atoms with E-state index in [0.717, 1.165) is 11.1 Å². The predicted octanol–water partition coefficient (Wildman–Crippen LogP) is 5.07. The topological polar surface area (TPSA) is 86.7 Å². The van der Waals surface area contributed by atoms with Gasteiger partial charge in [0.1, 0.15) is 5.15 Å². The van der Waals surface area contributed by atoms with Crippen LogP contribution >= 0.6 is 23.2 Å². The van der Waals surface area contributed by atoms with Crippen molar-refractivity contribution in [3.05, 3.63) is 94.2 Å². The summed E-state index contributed by atoms with van der Waals surface area (Å²) in [4.78, 5) is 25.6. The molecule has 0 aliphatic carbocycles. The van der Waals surface area contributed by atoms with Gasteiger partial charge in [-0.05, 0) is 29.8 Å².